The number of carboxylic acid groups (broad SMARTS) is 1. The van der Waals surface area contributed by atoms with Crippen molar-refractivity contribution in [2.45, 2.75) is 18.4 Å². The number of amides is 1. The van der Waals surface area contributed by atoms with E-state index in [2.05, 4.69) is 5.32 Å². The SMILES string of the molecule is Cc1oc(CNC(=O)CSc2ccccc2)cc1C(=O)O. The Kier molecular flexibility index (Phi) is 5.05. The van der Waals surface area contributed by atoms with Crippen LogP contribution < -0.4 is 5.32 Å². The Labute approximate surface area is 126 Å². The number of aryl methyl sites for hydroxylation is 1. The molecule has 0 radical (unpaired) electrons. The highest BCUT2D eigenvalue weighted by molar-refractivity contribution is 8.00. The van der Waals surface area contributed by atoms with Crippen molar-refractivity contribution in [2.24, 2.45) is 0 Å². The smallest absolute Gasteiger partial charge is 0.339 e. The minimum absolute atomic E-state index is 0.123. The van der Waals surface area contributed by atoms with E-state index >= 15 is 0 Å². The standard InChI is InChI=1S/C15H15NO4S/c1-10-13(15(18)19)7-11(20-10)8-16-14(17)9-21-12-5-3-2-4-6-12/h2-7H,8-9H2,1H3,(H,16,17)(H,18,19). The molecule has 0 fully saturated rings. The maximum Gasteiger partial charge on any atom is 0.339 e. The van der Waals surface area contributed by atoms with Crippen molar-refractivity contribution in [3.05, 3.63) is 53.5 Å². The molecule has 110 valence electrons. The molecule has 1 heterocycles. The highest BCUT2D eigenvalue weighted by Crippen LogP contribution is 2.17. The number of hydrogen-bond donors (Lipinski definition) is 2. The van der Waals surface area contributed by atoms with Crippen molar-refractivity contribution in [1.82, 2.24) is 5.32 Å². The van der Waals surface area contributed by atoms with E-state index in [-0.39, 0.29) is 18.0 Å². The van der Waals surface area contributed by atoms with E-state index in [1.54, 1.807) is 6.92 Å². The van der Waals surface area contributed by atoms with Crippen molar-refractivity contribution in [1.29, 1.82) is 0 Å². The maximum absolute atomic E-state index is 11.7. The third-order valence-corrected chi connectivity index (χ3v) is 3.78. The van der Waals surface area contributed by atoms with Crippen LogP contribution in [0.1, 0.15) is 21.9 Å². The molecule has 0 bridgehead atoms. The maximum atomic E-state index is 11.7. The third-order valence-electron chi connectivity index (χ3n) is 2.77. The number of carbonyl (C=O) groups excluding carboxylic acids is 1. The number of nitrogens with one attached hydrogen (secondary N) is 1. The number of aromatic carboxylic acids is 1. The summed E-state index contributed by atoms with van der Waals surface area (Å²) in [4.78, 5) is 23.6. The summed E-state index contributed by atoms with van der Waals surface area (Å²) in [6.07, 6.45) is 0. The molecule has 0 aliphatic heterocycles. The number of rotatable bonds is 6. The van der Waals surface area contributed by atoms with Gasteiger partial charge in [0.1, 0.15) is 17.1 Å². The van der Waals surface area contributed by atoms with Gasteiger partial charge < -0.3 is 14.8 Å². The van der Waals surface area contributed by atoms with Crippen LogP contribution in [0.3, 0.4) is 0 Å². The molecule has 0 spiro atoms. The Morgan fingerprint density at radius 1 is 1.29 bits per heavy atom. The van der Waals surface area contributed by atoms with Gasteiger partial charge in [-0.05, 0) is 25.1 Å². The van der Waals surface area contributed by atoms with Gasteiger partial charge in [0.05, 0.1) is 12.3 Å². The van der Waals surface area contributed by atoms with Crippen LogP contribution >= 0.6 is 11.8 Å². The van der Waals surface area contributed by atoms with Crippen LogP contribution in [0.2, 0.25) is 0 Å². The lowest BCUT2D eigenvalue weighted by molar-refractivity contribution is -0.118. The van der Waals surface area contributed by atoms with Crippen LogP contribution in [0.4, 0.5) is 0 Å². The molecule has 2 rings (SSSR count). The molecule has 0 atom stereocenters. The number of thioether (sulfide) groups is 1. The van der Waals surface area contributed by atoms with Crippen molar-refractivity contribution in [3.63, 3.8) is 0 Å². The summed E-state index contributed by atoms with van der Waals surface area (Å²) >= 11 is 1.44. The van der Waals surface area contributed by atoms with Gasteiger partial charge in [0.15, 0.2) is 0 Å². The van der Waals surface area contributed by atoms with E-state index in [9.17, 15) is 9.59 Å². The Morgan fingerprint density at radius 2 is 2.00 bits per heavy atom. The monoisotopic (exact) mass is 305 g/mol. The molecule has 0 aliphatic rings. The second-order valence-corrected chi connectivity index (χ2v) is 5.41. The van der Waals surface area contributed by atoms with Crippen molar-refractivity contribution in [3.8, 4) is 0 Å². The Hall–Kier alpha value is -2.21. The van der Waals surface area contributed by atoms with E-state index in [1.807, 2.05) is 30.3 Å². The fourth-order valence-corrected chi connectivity index (χ4v) is 2.49. The summed E-state index contributed by atoms with van der Waals surface area (Å²) in [6, 6.07) is 11.1. The Morgan fingerprint density at radius 3 is 2.62 bits per heavy atom. The third kappa shape index (κ3) is 4.39. The normalized spacial score (nSPS) is 10.3. The lowest BCUT2D eigenvalue weighted by Gasteiger charge is -2.03. The fraction of sp³-hybridized carbons (Fsp3) is 0.200. The van der Waals surface area contributed by atoms with Gasteiger partial charge in [0, 0.05) is 4.90 Å². The summed E-state index contributed by atoms with van der Waals surface area (Å²) in [5.74, 6) is -0.0909. The minimum Gasteiger partial charge on any atom is -0.478 e. The van der Waals surface area contributed by atoms with Crippen LogP contribution in [0.25, 0.3) is 0 Å². The van der Waals surface area contributed by atoms with E-state index in [1.165, 1.54) is 17.8 Å². The number of benzene rings is 1. The van der Waals surface area contributed by atoms with E-state index in [0.29, 0.717) is 17.3 Å². The molecule has 1 aromatic carbocycles. The molecule has 6 heteroatoms. The topological polar surface area (TPSA) is 79.5 Å². The van der Waals surface area contributed by atoms with Gasteiger partial charge in [-0.2, -0.15) is 0 Å². The molecule has 0 saturated carbocycles. The second-order valence-electron chi connectivity index (χ2n) is 4.37. The molecular weight excluding hydrogens is 290 g/mol. The first-order valence-corrected chi connectivity index (χ1v) is 7.32. The number of carbonyl (C=O) groups is 2. The van der Waals surface area contributed by atoms with Crippen LogP contribution in [-0.2, 0) is 11.3 Å². The quantitative estimate of drug-likeness (QED) is 0.802. The summed E-state index contributed by atoms with van der Waals surface area (Å²) in [5.41, 5.74) is 0.123. The summed E-state index contributed by atoms with van der Waals surface area (Å²) in [5, 5.41) is 11.6. The number of carboxylic acids is 1. The van der Waals surface area contributed by atoms with Crippen LogP contribution in [0, 0.1) is 6.92 Å². The molecule has 2 aromatic rings. The summed E-state index contributed by atoms with van der Waals surface area (Å²) < 4.78 is 5.29. The predicted octanol–water partition coefficient (Wildman–Crippen LogP) is 2.69. The lowest BCUT2D eigenvalue weighted by Crippen LogP contribution is -2.24. The van der Waals surface area contributed by atoms with E-state index < -0.39 is 5.97 Å². The summed E-state index contributed by atoms with van der Waals surface area (Å²) in [6.45, 7) is 1.77. The molecule has 0 unspecified atom stereocenters. The van der Waals surface area contributed by atoms with Gasteiger partial charge in [-0.25, -0.2) is 4.79 Å². The van der Waals surface area contributed by atoms with Crippen LogP contribution in [0.5, 0.6) is 0 Å². The number of furan rings is 1. The average molecular weight is 305 g/mol. The van der Waals surface area contributed by atoms with Gasteiger partial charge >= 0.3 is 5.97 Å². The predicted molar refractivity (Wildman–Crippen MR) is 79.4 cm³/mol. The molecule has 1 amide bonds. The van der Waals surface area contributed by atoms with Crippen LogP contribution in [-0.4, -0.2) is 22.7 Å². The molecule has 0 saturated heterocycles. The zero-order chi connectivity index (χ0) is 15.2. The zero-order valence-electron chi connectivity index (χ0n) is 11.5. The molecule has 21 heavy (non-hydrogen) atoms. The zero-order valence-corrected chi connectivity index (χ0v) is 12.3. The molecular formula is C15H15NO4S. The highest BCUT2D eigenvalue weighted by atomic mass is 32.2. The van der Waals surface area contributed by atoms with Gasteiger partial charge in [0.2, 0.25) is 5.91 Å². The first kappa shape index (κ1) is 15.2. The largest absolute Gasteiger partial charge is 0.478 e. The second kappa shape index (κ2) is 6.99. The first-order valence-electron chi connectivity index (χ1n) is 6.33. The van der Waals surface area contributed by atoms with Gasteiger partial charge in [-0.3, -0.25) is 4.79 Å². The number of hydrogen-bond acceptors (Lipinski definition) is 4. The highest BCUT2D eigenvalue weighted by Gasteiger charge is 2.14. The Bertz CT molecular complexity index is 636. The van der Waals surface area contributed by atoms with E-state index in [4.69, 9.17) is 9.52 Å². The molecule has 5 nitrogen and oxygen atoms in total. The van der Waals surface area contributed by atoms with Gasteiger partial charge in [0.25, 0.3) is 0 Å². The Balaban J connectivity index is 1.81. The van der Waals surface area contributed by atoms with Crippen molar-refractivity contribution in [2.75, 3.05) is 5.75 Å². The first-order chi connectivity index (χ1) is 10.1. The van der Waals surface area contributed by atoms with Crippen molar-refractivity contribution < 1.29 is 19.1 Å². The summed E-state index contributed by atoms with van der Waals surface area (Å²) in [7, 11) is 0. The van der Waals surface area contributed by atoms with Gasteiger partial charge in [-0.15, -0.1) is 11.8 Å². The molecule has 2 N–H and O–H groups in total. The van der Waals surface area contributed by atoms with Gasteiger partial charge in [-0.1, -0.05) is 18.2 Å². The lowest BCUT2D eigenvalue weighted by atomic mass is 10.2. The van der Waals surface area contributed by atoms with E-state index in [0.717, 1.165) is 4.90 Å². The van der Waals surface area contributed by atoms with Crippen molar-refractivity contribution >= 4 is 23.6 Å². The molecule has 0 aliphatic carbocycles. The average Bonchev–Trinajstić information content (AvgIpc) is 2.85. The minimum atomic E-state index is -1.03. The van der Waals surface area contributed by atoms with Crippen LogP contribution in [0.15, 0.2) is 45.7 Å². The fourth-order valence-electron chi connectivity index (χ4n) is 1.75. The molecule has 1 aromatic heterocycles.